The largest absolute Gasteiger partial charge is 0.494 e. The molecule has 0 saturated carbocycles. The molecule has 0 bridgehead atoms. The Morgan fingerprint density at radius 2 is 2.14 bits per heavy atom. The molecule has 5 heteroatoms. The van der Waals surface area contributed by atoms with Crippen molar-refractivity contribution in [3.05, 3.63) is 29.3 Å². The van der Waals surface area contributed by atoms with Gasteiger partial charge in [0.2, 0.25) is 0 Å². The molecule has 0 atom stereocenters. The van der Waals surface area contributed by atoms with Gasteiger partial charge in [-0.2, -0.15) is 0 Å². The van der Waals surface area contributed by atoms with Gasteiger partial charge in [0.1, 0.15) is 5.82 Å². The van der Waals surface area contributed by atoms with Gasteiger partial charge in [-0.05, 0) is 12.1 Å². The number of halogens is 3. The van der Waals surface area contributed by atoms with Gasteiger partial charge in [0.15, 0.2) is 17.3 Å². The van der Waals surface area contributed by atoms with Crippen molar-refractivity contribution in [2.45, 2.75) is 0 Å². The molecule has 0 fully saturated rings. The molecule has 0 aliphatic heterocycles. The second-order valence-corrected chi connectivity index (χ2v) is 3.06. The van der Waals surface area contributed by atoms with Crippen molar-refractivity contribution in [3.63, 3.8) is 0 Å². The zero-order chi connectivity index (χ0) is 10.7. The lowest BCUT2D eigenvalue weighted by Gasteiger charge is -2.06. The van der Waals surface area contributed by atoms with Crippen molar-refractivity contribution in [1.82, 2.24) is 0 Å². The van der Waals surface area contributed by atoms with E-state index in [2.05, 4.69) is 20.7 Å². The highest BCUT2D eigenvalue weighted by Gasteiger charge is 2.19. The first kappa shape index (κ1) is 11.1. The van der Waals surface area contributed by atoms with Crippen LogP contribution >= 0.6 is 15.9 Å². The van der Waals surface area contributed by atoms with Crippen LogP contribution in [0.5, 0.6) is 5.75 Å². The van der Waals surface area contributed by atoms with Gasteiger partial charge < -0.3 is 4.74 Å². The number of methoxy groups -OCH3 is 1. The van der Waals surface area contributed by atoms with Crippen LogP contribution in [0.25, 0.3) is 0 Å². The van der Waals surface area contributed by atoms with Crippen molar-refractivity contribution in [2.75, 3.05) is 12.4 Å². The third-order valence-corrected chi connectivity index (χ3v) is 2.19. The molecule has 1 aromatic carbocycles. The predicted molar refractivity (Wildman–Crippen MR) is 51.0 cm³/mol. The SMILES string of the molecule is COc1ccc(F)c(C(=O)CBr)c1F. The summed E-state index contributed by atoms with van der Waals surface area (Å²) in [5, 5.41) is -0.131. The number of rotatable bonds is 3. The Bertz CT molecular complexity index is 366. The maximum absolute atomic E-state index is 13.4. The minimum absolute atomic E-state index is 0.131. The van der Waals surface area contributed by atoms with E-state index in [-0.39, 0.29) is 11.1 Å². The molecule has 0 N–H and O–H groups in total. The molecule has 0 unspecified atom stereocenters. The zero-order valence-corrected chi connectivity index (χ0v) is 8.90. The summed E-state index contributed by atoms with van der Waals surface area (Å²) in [6, 6.07) is 2.13. The number of carbonyl (C=O) groups is 1. The minimum atomic E-state index is -0.961. The number of hydrogen-bond donors (Lipinski definition) is 0. The molecule has 14 heavy (non-hydrogen) atoms. The maximum atomic E-state index is 13.4. The first-order chi connectivity index (χ1) is 6.61. The number of carbonyl (C=O) groups excluding carboxylic acids is 1. The lowest BCUT2D eigenvalue weighted by atomic mass is 10.1. The number of benzene rings is 1. The molecule has 0 radical (unpaired) electrons. The fraction of sp³-hybridized carbons (Fsp3) is 0.222. The van der Waals surface area contributed by atoms with Crippen molar-refractivity contribution in [1.29, 1.82) is 0 Å². The van der Waals surface area contributed by atoms with Gasteiger partial charge in [0.05, 0.1) is 18.0 Å². The molecule has 0 aliphatic rings. The van der Waals surface area contributed by atoms with Crippen LogP contribution in [0.3, 0.4) is 0 Å². The normalized spacial score (nSPS) is 10.0. The highest BCUT2D eigenvalue weighted by molar-refractivity contribution is 9.09. The topological polar surface area (TPSA) is 26.3 Å². The Balaban J connectivity index is 3.32. The molecule has 0 aliphatic carbocycles. The highest BCUT2D eigenvalue weighted by Crippen LogP contribution is 2.23. The van der Waals surface area contributed by atoms with Crippen LogP contribution in [0.2, 0.25) is 0 Å². The third kappa shape index (κ3) is 1.92. The summed E-state index contributed by atoms with van der Waals surface area (Å²) >= 11 is 2.84. The number of Topliss-reactive ketones (excluding diaryl/α,β-unsaturated/α-hetero) is 1. The lowest BCUT2D eigenvalue weighted by Crippen LogP contribution is -2.08. The van der Waals surface area contributed by atoms with Crippen molar-refractivity contribution < 1.29 is 18.3 Å². The average Bonchev–Trinajstić information content (AvgIpc) is 2.18. The first-order valence-corrected chi connectivity index (χ1v) is 4.85. The molecule has 0 amide bonds. The maximum Gasteiger partial charge on any atom is 0.179 e. The van der Waals surface area contributed by atoms with Crippen LogP contribution in [0.1, 0.15) is 10.4 Å². The molecule has 2 nitrogen and oxygen atoms in total. The van der Waals surface area contributed by atoms with Gasteiger partial charge in [0.25, 0.3) is 0 Å². The van der Waals surface area contributed by atoms with E-state index < -0.39 is 23.0 Å². The number of hydrogen-bond acceptors (Lipinski definition) is 2. The Kier molecular flexibility index (Phi) is 3.57. The fourth-order valence-corrected chi connectivity index (χ4v) is 1.29. The van der Waals surface area contributed by atoms with E-state index in [1.165, 1.54) is 7.11 Å². The number of alkyl halides is 1. The van der Waals surface area contributed by atoms with Crippen LogP contribution in [0.4, 0.5) is 8.78 Å². The van der Waals surface area contributed by atoms with E-state index in [0.29, 0.717) is 0 Å². The summed E-state index contributed by atoms with van der Waals surface area (Å²) in [6.45, 7) is 0. The first-order valence-electron chi connectivity index (χ1n) is 3.73. The molecular formula is C9H7BrF2O2. The Hall–Kier alpha value is -0.970. The second-order valence-electron chi connectivity index (χ2n) is 2.50. The van der Waals surface area contributed by atoms with Gasteiger partial charge in [-0.15, -0.1) is 0 Å². The number of ketones is 1. The summed E-state index contributed by atoms with van der Waals surface area (Å²) in [4.78, 5) is 11.1. The van der Waals surface area contributed by atoms with E-state index in [1.807, 2.05) is 0 Å². The highest BCUT2D eigenvalue weighted by atomic mass is 79.9. The molecule has 0 heterocycles. The summed E-state index contributed by atoms with van der Waals surface area (Å²) in [6.07, 6.45) is 0. The van der Waals surface area contributed by atoms with Crippen LogP contribution in [-0.4, -0.2) is 18.2 Å². The molecule has 1 rings (SSSR count). The number of ether oxygens (including phenoxy) is 1. The summed E-state index contributed by atoms with van der Waals surface area (Å²) in [7, 11) is 1.25. The monoisotopic (exact) mass is 264 g/mol. The average molecular weight is 265 g/mol. The molecule has 0 saturated heterocycles. The smallest absolute Gasteiger partial charge is 0.179 e. The van der Waals surface area contributed by atoms with Crippen LogP contribution in [-0.2, 0) is 0 Å². The van der Waals surface area contributed by atoms with Crippen molar-refractivity contribution in [3.8, 4) is 5.75 Å². The predicted octanol–water partition coefficient (Wildman–Crippen LogP) is 2.55. The van der Waals surface area contributed by atoms with Crippen molar-refractivity contribution >= 4 is 21.7 Å². The minimum Gasteiger partial charge on any atom is -0.494 e. The van der Waals surface area contributed by atoms with E-state index in [4.69, 9.17) is 0 Å². The Morgan fingerprint density at radius 1 is 1.50 bits per heavy atom. The van der Waals surface area contributed by atoms with Crippen LogP contribution in [0.15, 0.2) is 12.1 Å². The molecular weight excluding hydrogens is 258 g/mol. The van der Waals surface area contributed by atoms with Gasteiger partial charge >= 0.3 is 0 Å². The molecule has 76 valence electrons. The van der Waals surface area contributed by atoms with E-state index in [9.17, 15) is 13.6 Å². The van der Waals surface area contributed by atoms with Crippen LogP contribution in [0, 0.1) is 11.6 Å². The quantitative estimate of drug-likeness (QED) is 0.620. The molecule has 0 spiro atoms. The third-order valence-electron chi connectivity index (χ3n) is 1.68. The Labute approximate surface area is 88.0 Å². The second kappa shape index (κ2) is 4.50. The fourth-order valence-electron chi connectivity index (χ4n) is 1.01. The Morgan fingerprint density at radius 3 is 2.64 bits per heavy atom. The lowest BCUT2D eigenvalue weighted by molar-refractivity contribution is 0.101. The van der Waals surface area contributed by atoms with Gasteiger partial charge in [-0.25, -0.2) is 8.78 Å². The van der Waals surface area contributed by atoms with Gasteiger partial charge in [-0.3, -0.25) is 4.79 Å². The van der Waals surface area contributed by atoms with E-state index >= 15 is 0 Å². The molecule has 1 aromatic rings. The van der Waals surface area contributed by atoms with Crippen molar-refractivity contribution in [2.24, 2.45) is 0 Å². The summed E-state index contributed by atoms with van der Waals surface area (Å²) in [5.41, 5.74) is -0.568. The molecule has 0 aromatic heterocycles. The standard InChI is InChI=1S/C9H7BrF2O2/c1-14-7-3-2-5(11)8(9(7)12)6(13)4-10/h2-3H,4H2,1H3. The van der Waals surface area contributed by atoms with Crippen LogP contribution < -0.4 is 4.74 Å². The van der Waals surface area contributed by atoms with E-state index in [1.54, 1.807) is 0 Å². The zero-order valence-electron chi connectivity index (χ0n) is 7.31. The van der Waals surface area contributed by atoms with Gasteiger partial charge in [0, 0.05) is 0 Å². The van der Waals surface area contributed by atoms with Gasteiger partial charge in [-0.1, -0.05) is 15.9 Å². The summed E-state index contributed by atoms with van der Waals surface area (Å²) < 4.78 is 31.1. The van der Waals surface area contributed by atoms with E-state index in [0.717, 1.165) is 12.1 Å². The summed E-state index contributed by atoms with van der Waals surface area (Å²) in [5.74, 6) is -2.64.